The van der Waals surface area contributed by atoms with Crippen molar-refractivity contribution in [1.29, 1.82) is 0 Å². The number of nitrogens with zero attached hydrogens (tertiary/aromatic N) is 2. The van der Waals surface area contributed by atoms with Gasteiger partial charge in [0.1, 0.15) is 5.75 Å². The lowest BCUT2D eigenvalue weighted by atomic mass is 10.1. The number of ether oxygens (including phenoxy) is 1. The van der Waals surface area contributed by atoms with Crippen LogP contribution in [0, 0.1) is 17.0 Å². The molecule has 0 radical (unpaired) electrons. The van der Waals surface area contributed by atoms with E-state index in [1.165, 1.54) is 14.0 Å². The quantitative estimate of drug-likeness (QED) is 0.478. The van der Waals surface area contributed by atoms with Crippen LogP contribution in [-0.2, 0) is 6.54 Å². The molecule has 1 heterocycles. The molecule has 7 nitrogen and oxygen atoms in total. The minimum atomic E-state index is -0.582. The zero-order valence-electron chi connectivity index (χ0n) is 12.1. The fraction of sp³-hybridized carbons (Fsp3) is 0.200. The van der Waals surface area contributed by atoms with Crippen molar-refractivity contribution >= 4 is 11.5 Å². The van der Waals surface area contributed by atoms with E-state index in [0.717, 1.165) is 16.8 Å². The fourth-order valence-electron chi connectivity index (χ4n) is 2.01. The molecule has 2 rings (SSSR count). The summed E-state index contributed by atoms with van der Waals surface area (Å²) in [6.07, 6.45) is 1.09. The number of aryl methyl sites for hydroxylation is 1. The number of nitro groups is 1. The number of rotatable bonds is 5. The molecule has 0 N–H and O–H groups in total. The number of aromatic nitrogens is 1. The Kier molecular flexibility index (Phi) is 4.36. The second-order valence-corrected chi connectivity index (χ2v) is 4.72. The number of carbonyl (C=O) groups is 1. The zero-order chi connectivity index (χ0) is 16.3. The molecule has 1 aromatic heterocycles. The van der Waals surface area contributed by atoms with Crippen molar-refractivity contribution in [3.63, 3.8) is 0 Å². The van der Waals surface area contributed by atoms with Gasteiger partial charge in [0.05, 0.1) is 24.8 Å². The molecule has 0 amide bonds. The van der Waals surface area contributed by atoms with Gasteiger partial charge in [-0.05, 0) is 19.1 Å². The van der Waals surface area contributed by atoms with Crippen molar-refractivity contribution in [2.45, 2.75) is 13.5 Å². The smallest absolute Gasteiger partial charge is 0.288 e. The highest BCUT2D eigenvalue weighted by atomic mass is 16.6. The summed E-state index contributed by atoms with van der Waals surface area (Å²) in [5.74, 6) is 0.187. The Morgan fingerprint density at radius 1 is 1.36 bits per heavy atom. The van der Waals surface area contributed by atoms with Gasteiger partial charge in [-0.15, -0.1) is 0 Å². The number of benzene rings is 1. The summed E-state index contributed by atoms with van der Waals surface area (Å²) in [7, 11) is 1.48. The van der Waals surface area contributed by atoms with Crippen LogP contribution in [0.3, 0.4) is 0 Å². The molecule has 1 aromatic carbocycles. The number of Topliss-reactive ketones (excluding diaryl/α,β-unsaturated/α-hetero) is 1. The summed E-state index contributed by atoms with van der Waals surface area (Å²) in [6, 6.07) is 7.65. The molecule has 0 saturated heterocycles. The van der Waals surface area contributed by atoms with Crippen molar-refractivity contribution in [3.8, 4) is 5.75 Å². The van der Waals surface area contributed by atoms with Gasteiger partial charge in [-0.25, -0.2) is 0 Å². The lowest BCUT2D eigenvalue weighted by molar-refractivity contribution is -0.385. The lowest BCUT2D eigenvalue weighted by Crippen LogP contribution is -2.24. The number of methoxy groups -OCH3 is 1. The van der Waals surface area contributed by atoms with Gasteiger partial charge in [-0.3, -0.25) is 19.7 Å². The number of hydrogen-bond donors (Lipinski definition) is 0. The summed E-state index contributed by atoms with van der Waals surface area (Å²) in [5, 5.41) is 10.9. The molecule has 7 heteroatoms. The number of carbonyl (C=O) groups excluding carboxylic acids is 1. The Morgan fingerprint density at radius 3 is 2.73 bits per heavy atom. The summed E-state index contributed by atoms with van der Waals surface area (Å²) in [6.45, 7) is 1.21. The minimum Gasteiger partial charge on any atom is -0.497 e. The summed E-state index contributed by atoms with van der Waals surface area (Å²) >= 11 is 0. The summed E-state index contributed by atoms with van der Waals surface area (Å²) in [4.78, 5) is 34.4. The van der Waals surface area contributed by atoms with Crippen LogP contribution in [0.15, 0.2) is 41.3 Å². The molecule has 0 aliphatic heterocycles. The van der Waals surface area contributed by atoms with Crippen LogP contribution >= 0.6 is 0 Å². The van der Waals surface area contributed by atoms with Gasteiger partial charge in [0.2, 0.25) is 0 Å². The predicted octanol–water partition coefficient (Wildman–Crippen LogP) is 1.96. The normalized spacial score (nSPS) is 10.3. The molecule has 0 spiro atoms. The van der Waals surface area contributed by atoms with Crippen molar-refractivity contribution in [2.75, 3.05) is 7.11 Å². The van der Waals surface area contributed by atoms with Gasteiger partial charge in [-0.2, -0.15) is 0 Å². The first-order chi connectivity index (χ1) is 10.4. The molecule has 0 saturated carbocycles. The van der Waals surface area contributed by atoms with Crippen LogP contribution in [0.1, 0.15) is 15.9 Å². The van der Waals surface area contributed by atoms with E-state index in [1.807, 2.05) is 0 Å². The second-order valence-electron chi connectivity index (χ2n) is 4.72. The molecule has 0 aliphatic carbocycles. The van der Waals surface area contributed by atoms with Crippen LogP contribution in [0.5, 0.6) is 5.75 Å². The summed E-state index contributed by atoms with van der Waals surface area (Å²) in [5.41, 5.74) is -0.0213. The van der Waals surface area contributed by atoms with Gasteiger partial charge in [0, 0.05) is 17.2 Å². The van der Waals surface area contributed by atoms with Crippen molar-refractivity contribution in [1.82, 2.24) is 4.57 Å². The van der Waals surface area contributed by atoms with E-state index in [9.17, 15) is 19.7 Å². The second kappa shape index (κ2) is 6.21. The summed E-state index contributed by atoms with van der Waals surface area (Å²) < 4.78 is 6.07. The Hall–Kier alpha value is -2.96. The maximum absolute atomic E-state index is 12.2. The highest BCUT2D eigenvalue weighted by molar-refractivity contribution is 5.96. The van der Waals surface area contributed by atoms with E-state index in [4.69, 9.17) is 4.74 Å². The predicted molar refractivity (Wildman–Crippen MR) is 79.4 cm³/mol. The maximum atomic E-state index is 12.2. The Morgan fingerprint density at radius 2 is 2.09 bits per heavy atom. The number of hydrogen-bond acceptors (Lipinski definition) is 5. The number of ketones is 1. The third kappa shape index (κ3) is 3.20. The van der Waals surface area contributed by atoms with Gasteiger partial charge in [0.25, 0.3) is 11.2 Å². The number of pyridine rings is 1. The standard InChI is InChI=1S/C15H14N2O5/c1-10-6-15(19)16(8-13(10)17(20)21)9-14(18)11-4-3-5-12(7-11)22-2/h3-8H,9H2,1-2H3. The molecule has 0 aliphatic rings. The zero-order valence-corrected chi connectivity index (χ0v) is 12.1. The molecule has 0 atom stereocenters. The van der Waals surface area contributed by atoms with E-state index in [1.54, 1.807) is 24.3 Å². The molecule has 2 aromatic rings. The van der Waals surface area contributed by atoms with E-state index >= 15 is 0 Å². The average molecular weight is 302 g/mol. The van der Waals surface area contributed by atoms with Crippen LogP contribution < -0.4 is 10.3 Å². The maximum Gasteiger partial charge on any atom is 0.288 e. The van der Waals surface area contributed by atoms with E-state index < -0.39 is 10.5 Å². The Bertz CT molecular complexity index is 795. The van der Waals surface area contributed by atoms with Crippen molar-refractivity contribution in [3.05, 3.63) is 68.1 Å². The molecule has 0 unspecified atom stereocenters. The third-order valence-electron chi connectivity index (χ3n) is 3.21. The van der Waals surface area contributed by atoms with Crippen LogP contribution in [0.2, 0.25) is 0 Å². The molecule has 0 bridgehead atoms. The fourth-order valence-corrected chi connectivity index (χ4v) is 2.01. The largest absolute Gasteiger partial charge is 0.497 e. The molecule has 0 fully saturated rings. The molecular formula is C15H14N2O5. The minimum absolute atomic E-state index is 0.196. The van der Waals surface area contributed by atoms with E-state index in [2.05, 4.69) is 0 Å². The monoisotopic (exact) mass is 302 g/mol. The van der Waals surface area contributed by atoms with Crippen LogP contribution in [-0.4, -0.2) is 22.4 Å². The third-order valence-corrected chi connectivity index (χ3v) is 3.21. The molecular weight excluding hydrogens is 288 g/mol. The highest BCUT2D eigenvalue weighted by Crippen LogP contribution is 2.16. The Balaban J connectivity index is 2.34. The first-order valence-electron chi connectivity index (χ1n) is 6.45. The molecule has 22 heavy (non-hydrogen) atoms. The topological polar surface area (TPSA) is 91.4 Å². The van der Waals surface area contributed by atoms with Gasteiger partial charge in [-0.1, -0.05) is 12.1 Å². The van der Waals surface area contributed by atoms with Crippen molar-refractivity contribution < 1.29 is 14.5 Å². The van der Waals surface area contributed by atoms with E-state index in [0.29, 0.717) is 11.3 Å². The van der Waals surface area contributed by atoms with Gasteiger partial charge in [0.15, 0.2) is 5.78 Å². The highest BCUT2D eigenvalue weighted by Gasteiger charge is 2.15. The SMILES string of the molecule is COc1cccc(C(=O)Cn2cc([N+](=O)[O-])c(C)cc2=O)c1. The van der Waals surface area contributed by atoms with Gasteiger partial charge >= 0.3 is 0 Å². The first-order valence-corrected chi connectivity index (χ1v) is 6.45. The van der Waals surface area contributed by atoms with Crippen LogP contribution in [0.4, 0.5) is 5.69 Å². The van der Waals surface area contributed by atoms with Crippen LogP contribution in [0.25, 0.3) is 0 Å². The van der Waals surface area contributed by atoms with E-state index in [-0.39, 0.29) is 23.6 Å². The lowest BCUT2D eigenvalue weighted by Gasteiger charge is -2.07. The van der Waals surface area contributed by atoms with Gasteiger partial charge < -0.3 is 9.30 Å². The Labute approximate surface area is 125 Å². The molecule has 114 valence electrons. The first kappa shape index (κ1) is 15.4. The average Bonchev–Trinajstić information content (AvgIpc) is 2.49. The van der Waals surface area contributed by atoms with Crippen molar-refractivity contribution in [2.24, 2.45) is 0 Å².